The summed E-state index contributed by atoms with van der Waals surface area (Å²) in [4.78, 5) is 11.6. The molecule has 23 heavy (non-hydrogen) atoms. The zero-order valence-corrected chi connectivity index (χ0v) is 13.5. The number of hydrogen-bond acceptors (Lipinski definition) is 2. The summed E-state index contributed by atoms with van der Waals surface area (Å²) in [7, 11) is 0. The summed E-state index contributed by atoms with van der Waals surface area (Å²) in [5, 5.41) is 12.6. The van der Waals surface area contributed by atoms with E-state index in [9.17, 15) is 9.90 Å². The molecule has 3 heteroatoms. The van der Waals surface area contributed by atoms with E-state index in [0.717, 1.165) is 0 Å². The molecule has 0 fully saturated rings. The molecule has 0 aromatic heterocycles. The monoisotopic (exact) mass is 311 g/mol. The van der Waals surface area contributed by atoms with Gasteiger partial charge in [0.25, 0.3) is 0 Å². The van der Waals surface area contributed by atoms with Gasteiger partial charge in [0.2, 0.25) is 5.91 Å². The molecule has 1 aliphatic rings. The van der Waals surface area contributed by atoms with E-state index in [0.29, 0.717) is 13.0 Å². The highest BCUT2D eigenvalue weighted by molar-refractivity contribution is 5.87. The first kappa shape index (κ1) is 18.7. The summed E-state index contributed by atoms with van der Waals surface area (Å²) < 4.78 is 0. The van der Waals surface area contributed by atoms with Crippen LogP contribution >= 0.6 is 0 Å². The van der Waals surface area contributed by atoms with Gasteiger partial charge in [0.05, 0.1) is 6.10 Å². The fourth-order valence-corrected chi connectivity index (χ4v) is 1.74. The van der Waals surface area contributed by atoms with E-state index in [1.54, 1.807) is 18.2 Å². The first-order valence-corrected chi connectivity index (χ1v) is 7.82. The van der Waals surface area contributed by atoms with Crippen LogP contribution in [-0.4, -0.2) is 23.7 Å². The van der Waals surface area contributed by atoms with E-state index in [1.165, 1.54) is 6.08 Å². The number of hydrogen-bond donors (Lipinski definition) is 2. The third-order valence-electron chi connectivity index (χ3n) is 3.02. The van der Waals surface area contributed by atoms with Crippen molar-refractivity contribution in [2.24, 2.45) is 5.92 Å². The molecule has 2 unspecified atom stereocenters. The quantitative estimate of drug-likeness (QED) is 0.720. The second-order valence-corrected chi connectivity index (χ2v) is 5.24. The van der Waals surface area contributed by atoms with Crippen LogP contribution in [-0.2, 0) is 4.79 Å². The smallest absolute Gasteiger partial charge is 0.243 e. The highest BCUT2D eigenvalue weighted by atomic mass is 16.3. The van der Waals surface area contributed by atoms with Crippen molar-refractivity contribution in [3.63, 3.8) is 0 Å². The van der Waals surface area contributed by atoms with Crippen molar-refractivity contribution >= 4 is 5.91 Å². The van der Waals surface area contributed by atoms with Crippen LogP contribution in [0.15, 0.2) is 85.1 Å². The molecule has 3 nitrogen and oxygen atoms in total. The fraction of sp³-hybridized carbons (Fsp3) is 0.250. The molecule has 1 aliphatic heterocycles. The topological polar surface area (TPSA) is 49.3 Å². The molecule has 1 heterocycles. The van der Waals surface area contributed by atoms with Crippen molar-refractivity contribution in [3.8, 4) is 0 Å². The Bertz CT molecular complexity index is 548. The van der Waals surface area contributed by atoms with Crippen LogP contribution in [0.5, 0.6) is 0 Å². The third-order valence-corrected chi connectivity index (χ3v) is 3.02. The van der Waals surface area contributed by atoms with Gasteiger partial charge in [-0.3, -0.25) is 4.79 Å². The molecule has 0 saturated carbocycles. The Kier molecular flexibility index (Phi) is 9.88. The summed E-state index contributed by atoms with van der Waals surface area (Å²) in [6.45, 7) is 2.65. The average Bonchev–Trinajstić information content (AvgIpc) is 2.53. The van der Waals surface area contributed by atoms with Crippen LogP contribution in [0.25, 0.3) is 0 Å². The predicted molar refractivity (Wildman–Crippen MR) is 96.8 cm³/mol. The van der Waals surface area contributed by atoms with Crippen molar-refractivity contribution in [3.05, 3.63) is 85.1 Å². The molecule has 0 saturated heterocycles. The molecule has 1 rings (SSSR count). The Morgan fingerprint density at radius 2 is 1.52 bits per heavy atom. The number of carbonyl (C=O) groups is 1. The minimum absolute atomic E-state index is 0.104. The molecule has 0 aromatic carbocycles. The Hall–Kier alpha value is -2.39. The SMILES string of the molecule is CC1/C=C/C=C/C=C\C=C\C(O)C/C=C/C=C/C=C\C(=O)NC1. The third kappa shape index (κ3) is 10.9. The van der Waals surface area contributed by atoms with Gasteiger partial charge in [-0.05, 0) is 12.3 Å². The van der Waals surface area contributed by atoms with Gasteiger partial charge in [0, 0.05) is 12.6 Å². The van der Waals surface area contributed by atoms with Crippen LogP contribution in [0.2, 0.25) is 0 Å². The number of amides is 1. The summed E-state index contributed by atoms with van der Waals surface area (Å²) in [6, 6.07) is 0. The van der Waals surface area contributed by atoms with E-state index >= 15 is 0 Å². The van der Waals surface area contributed by atoms with Gasteiger partial charge in [-0.2, -0.15) is 0 Å². The second-order valence-electron chi connectivity index (χ2n) is 5.24. The van der Waals surface area contributed by atoms with E-state index in [-0.39, 0.29) is 11.8 Å². The molecule has 2 atom stereocenters. The van der Waals surface area contributed by atoms with Gasteiger partial charge in [-0.25, -0.2) is 0 Å². The van der Waals surface area contributed by atoms with E-state index in [2.05, 4.69) is 5.32 Å². The number of allylic oxidation sites excluding steroid dienone is 10. The Labute approximate surface area is 138 Å². The molecular formula is C20H25NO2. The maximum Gasteiger partial charge on any atom is 0.243 e. The zero-order chi connectivity index (χ0) is 16.8. The lowest BCUT2D eigenvalue weighted by Crippen LogP contribution is -2.25. The number of aliphatic hydroxyl groups excluding tert-OH is 1. The standard InChI is InChI=1S/C20H25NO2/c1-18-13-9-5-2-3-6-10-14-19(22)15-11-7-4-8-12-16-20(23)21-17-18/h2-14,16,18-19,22H,15,17H2,1H3,(H,21,23)/b5-2+,6-3-,8-4+,11-7+,13-9+,14-10+,16-12-. The molecule has 0 aromatic rings. The molecule has 122 valence electrons. The molecule has 0 radical (unpaired) electrons. The lowest BCUT2D eigenvalue weighted by Gasteiger charge is -2.05. The summed E-state index contributed by atoms with van der Waals surface area (Å²) in [5.41, 5.74) is 0. The maximum atomic E-state index is 11.6. The summed E-state index contributed by atoms with van der Waals surface area (Å²) >= 11 is 0. The van der Waals surface area contributed by atoms with Crippen molar-refractivity contribution in [2.75, 3.05) is 6.54 Å². The summed E-state index contributed by atoms with van der Waals surface area (Å²) in [6.07, 6.45) is 25.8. The van der Waals surface area contributed by atoms with Crippen LogP contribution < -0.4 is 5.32 Å². The Morgan fingerprint density at radius 3 is 2.30 bits per heavy atom. The lowest BCUT2D eigenvalue weighted by atomic mass is 10.1. The highest BCUT2D eigenvalue weighted by Gasteiger charge is 1.98. The molecular weight excluding hydrogens is 286 g/mol. The molecule has 2 N–H and O–H groups in total. The number of rotatable bonds is 0. The van der Waals surface area contributed by atoms with E-state index in [1.807, 2.05) is 67.7 Å². The average molecular weight is 311 g/mol. The first-order chi connectivity index (χ1) is 11.2. The normalized spacial score (nSPS) is 33.6. The predicted octanol–water partition coefficient (Wildman–Crippen LogP) is 3.40. The van der Waals surface area contributed by atoms with E-state index < -0.39 is 6.10 Å². The Balaban J connectivity index is 2.70. The van der Waals surface area contributed by atoms with Crippen LogP contribution in [0.3, 0.4) is 0 Å². The molecule has 0 aliphatic carbocycles. The van der Waals surface area contributed by atoms with E-state index in [4.69, 9.17) is 0 Å². The highest BCUT2D eigenvalue weighted by Crippen LogP contribution is 1.98. The van der Waals surface area contributed by atoms with Gasteiger partial charge in [-0.1, -0.05) is 85.9 Å². The largest absolute Gasteiger partial charge is 0.389 e. The lowest BCUT2D eigenvalue weighted by molar-refractivity contribution is -0.116. The van der Waals surface area contributed by atoms with Gasteiger partial charge >= 0.3 is 0 Å². The minimum Gasteiger partial charge on any atom is -0.389 e. The van der Waals surface area contributed by atoms with Gasteiger partial charge in [0.1, 0.15) is 0 Å². The van der Waals surface area contributed by atoms with Crippen molar-refractivity contribution in [2.45, 2.75) is 19.4 Å². The minimum atomic E-state index is -0.499. The number of carbonyl (C=O) groups excluding carboxylic acids is 1. The van der Waals surface area contributed by atoms with Gasteiger partial charge in [0.15, 0.2) is 0 Å². The number of aliphatic hydroxyl groups is 1. The van der Waals surface area contributed by atoms with Gasteiger partial charge < -0.3 is 10.4 Å². The van der Waals surface area contributed by atoms with Gasteiger partial charge in [-0.15, -0.1) is 0 Å². The van der Waals surface area contributed by atoms with Crippen molar-refractivity contribution in [1.29, 1.82) is 0 Å². The Morgan fingerprint density at radius 1 is 0.913 bits per heavy atom. The first-order valence-electron chi connectivity index (χ1n) is 7.82. The molecule has 0 bridgehead atoms. The van der Waals surface area contributed by atoms with Crippen molar-refractivity contribution in [1.82, 2.24) is 5.32 Å². The van der Waals surface area contributed by atoms with Crippen LogP contribution in [0, 0.1) is 5.92 Å². The molecule has 1 amide bonds. The maximum absolute atomic E-state index is 11.6. The van der Waals surface area contributed by atoms with Crippen LogP contribution in [0.1, 0.15) is 13.3 Å². The second kappa shape index (κ2) is 12.2. The molecule has 0 spiro atoms. The fourth-order valence-electron chi connectivity index (χ4n) is 1.74. The summed E-state index contributed by atoms with van der Waals surface area (Å²) in [5.74, 6) is 0.160. The van der Waals surface area contributed by atoms with Crippen molar-refractivity contribution < 1.29 is 9.90 Å². The zero-order valence-electron chi connectivity index (χ0n) is 13.5. The van der Waals surface area contributed by atoms with Crippen LogP contribution in [0.4, 0.5) is 0 Å². The number of nitrogens with one attached hydrogen (secondary N) is 1.